The predicted octanol–water partition coefficient (Wildman–Crippen LogP) is 3.82. The third-order valence-electron chi connectivity index (χ3n) is 3.81. The quantitative estimate of drug-likeness (QED) is 0.542. The van der Waals surface area contributed by atoms with Gasteiger partial charge in [-0.05, 0) is 35.9 Å². The number of hydrogen-bond acceptors (Lipinski definition) is 3. The summed E-state index contributed by atoms with van der Waals surface area (Å²) in [5, 5.41) is 2.95. The van der Waals surface area contributed by atoms with Crippen LogP contribution in [0.5, 0.6) is 5.75 Å². The number of nitrogens with zero attached hydrogens (tertiary/aromatic N) is 2. The molecule has 0 saturated carbocycles. The molecule has 0 amide bonds. The van der Waals surface area contributed by atoms with Crippen molar-refractivity contribution in [2.45, 2.75) is 6.54 Å². The molecular weight excluding hydrogens is 331 g/mol. The van der Waals surface area contributed by atoms with Gasteiger partial charge in [0.15, 0.2) is 5.96 Å². The first-order valence-electron chi connectivity index (χ1n) is 8.06. The molecule has 5 nitrogen and oxygen atoms in total. The Bertz CT molecular complexity index is 892. The van der Waals surface area contributed by atoms with Crippen LogP contribution in [0.4, 0.5) is 10.2 Å². The lowest BCUT2D eigenvalue weighted by molar-refractivity contribution is 0.410. The Morgan fingerprint density at radius 3 is 2.50 bits per heavy atom. The zero-order chi connectivity index (χ0) is 18.4. The van der Waals surface area contributed by atoms with E-state index in [9.17, 15) is 4.39 Å². The van der Waals surface area contributed by atoms with E-state index in [0.29, 0.717) is 12.4 Å². The number of guanidine groups is 1. The van der Waals surface area contributed by atoms with E-state index in [1.54, 1.807) is 31.5 Å². The first kappa shape index (κ1) is 17.4. The van der Waals surface area contributed by atoms with E-state index in [2.05, 4.69) is 15.3 Å². The lowest BCUT2D eigenvalue weighted by atomic mass is 10.1. The highest BCUT2D eigenvalue weighted by atomic mass is 19.1. The van der Waals surface area contributed by atoms with Crippen molar-refractivity contribution in [3.05, 3.63) is 78.2 Å². The third kappa shape index (κ3) is 4.36. The monoisotopic (exact) mass is 350 g/mol. The Morgan fingerprint density at radius 1 is 1.08 bits per heavy atom. The van der Waals surface area contributed by atoms with Gasteiger partial charge in [0.25, 0.3) is 0 Å². The fourth-order valence-electron chi connectivity index (χ4n) is 2.46. The van der Waals surface area contributed by atoms with Crippen LogP contribution in [0.1, 0.15) is 5.56 Å². The van der Waals surface area contributed by atoms with Crippen molar-refractivity contribution >= 4 is 11.8 Å². The van der Waals surface area contributed by atoms with Crippen LogP contribution in [0.2, 0.25) is 0 Å². The zero-order valence-electron chi connectivity index (χ0n) is 14.3. The first-order chi connectivity index (χ1) is 12.7. The van der Waals surface area contributed by atoms with Crippen molar-refractivity contribution < 1.29 is 9.13 Å². The molecule has 0 aliphatic carbocycles. The number of anilines is 1. The molecule has 26 heavy (non-hydrogen) atoms. The normalized spacial score (nSPS) is 11.2. The van der Waals surface area contributed by atoms with Gasteiger partial charge in [0.05, 0.1) is 13.7 Å². The number of hydrogen-bond donors (Lipinski definition) is 2. The van der Waals surface area contributed by atoms with Gasteiger partial charge in [-0.3, -0.25) is 0 Å². The molecule has 3 rings (SSSR count). The van der Waals surface area contributed by atoms with Gasteiger partial charge < -0.3 is 15.8 Å². The molecule has 2 aromatic carbocycles. The Labute approximate surface area is 151 Å². The van der Waals surface area contributed by atoms with Crippen molar-refractivity contribution in [3.8, 4) is 16.9 Å². The van der Waals surface area contributed by atoms with E-state index >= 15 is 0 Å². The Kier molecular flexibility index (Phi) is 5.43. The number of aromatic nitrogens is 1. The van der Waals surface area contributed by atoms with Gasteiger partial charge in [0, 0.05) is 17.3 Å². The molecule has 1 aromatic heterocycles. The van der Waals surface area contributed by atoms with Crippen LogP contribution in [0.25, 0.3) is 11.1 Å². The average molecular weight is 350 g/mol. The van der Waals surface area contributed by atoms with Crippen LogP contribution in [0.15, 0.2) is 71.9 Å². The maximum atomic E-state index is 13.0. The highest BCUT2D eigenvalue weighted by molar-refractivity contribution is 5.91. The summed E-state index contributed by atoms with van der Waals surface area (Å²) in [5.41, 5.74) is 8.65. The summed E-state index contributed by atoms with van der Waals surface area (Å²) in [7, 11) is 1.62. The van der Waals surface area contributed by atoms with Crippen molar-refractivity contribution in [2.24, 2.45) is 10.7 Å². The van der Waals surface area contributed by atoms with E-state index in [1.807, 2.05) is 30.3 Å². The Balaban J connectivity index is 1.65. The second-order valence-electron chi connectivity index (χ2n) is 5.58. The summed E-state index contributed by atoms with van der Waals surface area (Å²) < 4.78 is 18.3. The summed E-state index contributed by atoms with van der Waals surface area (Å²) in [6, 6.07) is 17.6. The van der Waals surface area contributed by atoms with Gasteiger partial charge in [-0.1, -0.05) is 30.3 Å². The predicted molar refractivity (Wildman–Crippen MR) is 102 cm³/mol. The van der Waals surface area contributed by atoms with E-state index in [0.717, 1.165) is 22.4 Å². The van der Waals surface area contributed by atoms with E-state index in [1.165, 1.54) is 12.1 Å². The summed E-state index contributed by atoms with van der Waals surface area (Å²) in [4.78, 5) is 8.63. The zero-order valence-corrected chi connectivity index (χ0v) is 14.3. The SMILES string of the molecule is COc1ccccc1CN=C(N)Nc1ccc(-c2ccc(F)cc2)cn1. The summed E-state index contributed by atoms with van der Waals surface area (Å²) in [5.74, 6) is 1.35. The van der Waals surface area contributed by atoms with Crippen molar-refractivity contribution in [1.82, 2.24) is 4.98 Å². The van der Waals surface area contributed by atoms with Gasteiger partial charge in [-0.15, -0.1) is 0 Å². The standard InChI is InChI=1S/C20H19FN4O/c1-26-18-5-3-2-4-16(18)13-24-20(22)25-19-11-8-15(12-23-19)14-6-9-17(21)10-7-14/h2-12H,13H2,1H3,(H3,22,23,24,25). The molecule has 0 atom stereocenters. The molecule has 0 radical (unpaired) electrons. The number of rotatable bonds is 5. The number of aliphatic imine (C=N–C) groups is 1. The topological polar surface area (TPSA) is 72.5 Å². The first-order valence-corrected chi connectivity index (χ1v) is 8.06. The number of benzene rings is 2. The number of nitrogens with one attached hydrogen (secondary N) is 1. The molecule has 3 aromatic rings. The van der Waals surface area contributed by atoms with Gasteiger partial charge in [0.2, 0.25) is 0 Å². The summed E-state index contributed by atoms with van der Waals surface area (Å²) in [6.07, 6.45) is 1.70. The van der Waals surface area contributed by atoms with Gasteiger partial charge >= 0.3 is 0 Å². The number of ether oxygens (including phenoxy) is 1. The molecule has 0 aliphatic heterocycles. The molecule has 0 saturated heterocycles. The minimum absolute atomic E-state index is 0.262. The van der Waals surface area contributed by atoms with Gasteiger partial charge in [-0.2, -0.15) is 0 Å². The molecule has 6 heteroatoms. The largest absolute Gasteiger partial charge is 0.496 e. The van der Waals surface area contributed by atoms with E-state index in [-0.39, 0.29) is 11.8 Å². The molecule has 0 spiro atoms. The number of methoxy groups -OCH3 is 1. The Morgan fingerprint density at radius 2 is 1.81 bits per heavy atom. The molecule has 0 aliphatic rings. The van der Waals surface area contributed by atoms with Crippen LogP contribution in [-0.2, 0) is 6.54 Å². The van der Waals surface area contributed by atoms with Crippen LogP contribution in [0, 0.1) is 5.82 Å². The maximum Gasteiger partial charge on any atom is 0.194 e. The van der Waals surface area contributed by atoms with Gasteiger partial charge in [0.1, 0.15) is 17.4 Å². The maximum absolute atomic E-state index is 13.0. The molecule has 0 fully saturated rings. The minimum Gasteiger partial charge on any atom is -0.496 e. The molecule has 1 heterocycles. The fourth-order valence-corrected chi connectivity index (χ4v) is 2.46. The Hall–Kier alpha value is -3.41. The van der Waals surface area contributed by atoms with Crippen molar-refractivity contribution in [1.29, 1.82) is 0 Å². The molecule has 3 N–H and O–H groups in total. The third-order valence-corrected chi connectivity index (χ3v) is 3.81. The number of pyridine rings is 1. The van der Waals surface area contributed by atoms with Crippen LogP contribution in [0.3, 0.4) is 0 Å². The summed E-state index contributed by atoms with van der Waals surface area (Å²) in [6.45, 7) is 0.399. The number of halogens is 1. The smallest absolute Gasteiger partial charge is 0.194 e. The second kappa shape index (κ2) is 8.11. The van der Waals surface area contributed by atoms with Crippen LogP contribution >= 0.6 is 0 Å². The highest BCUT2D eigenvalue weighted by Crippen LogP contribution is 2.20. The average Bonchev–Trinajstić information content (AvgIpc) is 2.68. The number of nitrogens with two attached hydrogens (primary N) is 1. The van der Waals surface area contributed by atoms with Crippen LogP contribution in [-0.4, -0.2) is 18.1 Å². The number of para-hydroxylation sites is 1. The highest BCUT2D eigenvalue weighted by Gasteiger charge is 2.03. The minimum atomic E-state index is -0.265. The lowest BCUT2D eigenvalue weighted by Crippen LogP contribution is -2.23. The second-order valence-corrected chi connectivity index (χ2v) is 5.58. The molecule has 0 bridgehead atoms. The van der Waals surface area contributed by atoms with E-state index < -0.39 is 0 Å². The fraction of sp³-hybridized carbons (Fsp3) is 0.100. The molecule has 0 unspecified atom stereocenters. The summed E-state index contributed by atoms with van der Waals surface area (Å²) >= 11 is 0. The van der Waals surface area contributed by atoms with Crippen molar-refractivity contribution in [2.75, 3.05) is 12.4 Å². The molecule has 132 valence electrons. The molecular formula is C20H19FN4O. The van der Waals surface area contributed by atoms with E-state index in [4.69, 9.17) is 10.5 Å². The van der Waals surface area contributed by atoms with Crippen LogP contribution < -0.4 is 15.8 Å². The van der Waals surface area contributed by atoms with Gasteiger partial charge in [-0.25, -0.2) is 14.4 Å². The lowest BCUT2D eigenvalue weighted by Gasteiger charge is -2.08. The van der Waals surface area contributed by atoms with Crippen molar-refractivity contribution in [3.63, 3.8) is 0 Å².